The van der Waals surface area contributed by atoms with Gasteiger partial charge in [-0.3, -0.25) is 4.79 Å². The Labute approximate surface area is 165 Å². The molecule has 1 heterocycles. The van der Waals surface area contributed by atoms with Crippen LogP contribution in [0.4, 0.5) is 4.39 Å². The second-order valence-electron chi connectivity index (χ2n) is 6.17. The Morgan fingerprint density at radius 2 is 1.96 bits per heavy atom. The molecule has 1 fully saturated rings. The van der Waals surface area contributed by atoms with Crippen molar-refractivity contribution in [3.8, 4) is 0 Å². The van der Waals surface area contributed by atoms with Crippen LogP contribution < -0.4 is 10.5 Å². The van der Waals surface area contributed by atoms with Gasteiger partial charge in [-0.05, 0) is 37.9 Å². The van der Waals surface area contributed by atoms with Gasteiger partial charge in [0, 0.05) is 32.7 Å². The first kappa shape index (κ1) is 23.8. The molecule has 1 aliphatic rings. The molecule has 2 rings (SSSR count). The number of carbonyl (C=O) groups is 1. The number of halogens is 2. The molecule has 0 spiro atoms. The third-order valence-corrected chi connectivity index (χ3v) is 5.75. The lowest BCUT2D eigenvalue weighted by molar-refractivity contribution is -0.133. The molecule has 0 aliphatic carbocycles. The van der Waals surface area contributed by atoms with Gasteiger partial charge in [0.1, 0.15) is 10.7 Å². The number of likely N-dealkylation sites (tertiary alicyclic amines) is 1. The van der Waals surface area contributed by atoms with Crippen molar-refractivity contribution in [2.75, 3.05) is 32.8 Å². The molecular formula is C17H27ClFN3O4S. The summed E-state index contributed by atoms with van der Waals surface area (Å²) >= 11 is 0. The van der Waals surface area contributed by atoms with Crippen molar-refractivity contribution in [3.63, 3.8) is 0 Å². The molecule has 1 amide bonds. The molecule has 0 bridgehead atoms. The molecule has 1 aromatic rings. The Balaban J connectivity index is 0.00000364. The van der Waals surface area contributed by atoms with Crippen LogP contribution in [-0.4, -0.2) is 58.1 Å². The van der Waals surface area contributed by atoms with Crippen molar-refractivity contribution in [1.82, 2.24) is 9.62 Å². The zero-order chi connectivity index (χ0) is 19.0. The summed E-state index contributed by atoms with van der Waals surface area (Å²) in [5, 5.41) is 0. The average Bonchev–Trinajstić information content (AvgIpc) is 2.62. The zero-order valence-electron chi connectivity index (χ0n) is 15.1. The number of carbonyl (C=O) groups excluding carboxylic acids is 1. The molecule has 0 radical (unpaired) electrons. The summed E-state index contributed by atoms with van der Waals surface area (Å²) in [7, 11) is -3.96. The van der Waals surface area contributed by atoms with Crippen molar-refractivity contribution in [3.05, 3.63) is 30.1 Å². The molecule has 0 aromatic heterocycles. The molecule has 154 valence electrons. The topological polar surface area (TPSA) is 102 Å². The maximum Gasteiger partial charge on any atom is 0.243 e. The summed E-state index contributed by atoms with van der Waals surface area (Å²) < 4.78 is 45.7. The third kappa shape index (κ3) is 7.34. The summed E-state index contributed by atoms with van der Waals surface area (Å²) in [6, 6.07) is 5.14. The van der Waals surface area contributed by atoms with Crippen molar-refractivity contribution in [2.24, 2.45) is 5.73 Å². The fourth-order valence-corrected chi connectivity index (χ4v) is 3.90. The number of amides is 1. The minimum absolute atomic E-state index is 0. The van der Waals surface area contributed by atoms with E-state index >= 15 is 0 Å². The van der Waals surface area contributed by atoms with Gasteiger partial charge in [-0.15, -0.1) is 12.4 Å². The predicted molar refractivity (Wildman–Crippen MR) is 103 cm³/mol. The Morgan fingerprint density at radius 3 is 2.59 bits per heavy atom. The molecule has 3 N–H and O–H groups in total. The van der Waals surface area contributed by atoms with E-state index in [0.717, 1.165) is 25.3 Å². The lowest BCUT2D eigenvalue weighted by Gasteiger charge is -2.32. The number of nitrogens with zero attached hydrogens (tertiary/aromatic N) is 1. The Morgan fingerprint density at radius 1 is 1.30 bits per heavy atom. The first-order valence-electron chi connectivity index (χ1n) is 8.77. The second kappa shape index (κ2) is 11.6. The van der Waals surface area contributed by atoms with E-state index in [1.165, 1.54) is 18.2 Å². The SMILES string of the molecule is Cl.NCCCOC1CCN(C(=O)CCNS(=O)(=O)c2ccccc2F)CC1. The highest BCUT2D eigenvalue weighted by atomic mass is 35.5. The van der Waals surface area contributed by atoms with Gasteiger partial charge in [0.25, 0.3) is 0 Å². The molecule has 0 unspecified atom stereocenters. The number of benzene rings is 1. The van der Waals surface area contributed by atoms with Gasteiger partial charge in [-0.1, -0.05) is 12.1 Å². The van der Waals surface area contributed by atoms with Crippen LogP contribution in [0.1, 0.15) is 25.7 Å². The lowest BCUT2D eigenvalue weighted by Crippen LogP contribution is -2.42. The van der Waals surface area contributed by atoms with E-state index in [4.69, 9.17) is 10.5 Å². The number of hydrogen-bond donors (Lipinski definition) is 2. The van der Waals surface area contributed by atoms with Crippen LogP contribution >= 0.6 is 12.4 Å². The van der Waals surface area contributed by atoms with E-state index in [2.05, 4.69) is 4.72 Å². The van der Waals surface area contributed by atoms with Crippen molar-refractivity contribution < 1.29 is 22.3 Å². The fourth-order valence-electron chi connectivity index (χ4n) is 2.80. The van der Waals surface area contributed by atoms with Crippen LogP contribution in [0, 0.1) is 5.82 Å². The fraction of sp³-hybridized carbons (Fsp3) is 0.588. The highest BCUT2D eigenvalue weighted by Gasteiger charge is 2.24. The van der Waals surface area contributed by atoms with Crippen LogP contribution in [0.2, 0.25) is 0 Å². The van der Waals surface area contributed by atoms with Gasteiger partial charge in [0.15, 0.2) is 0 Å². The molecule has 10 heteroatoms. The van der Waals surface area contributed by atoms with E-state index in [1.807, 2.05) is 0 Å². The van der Waals surface area contributed by atoms with Crippen LogP contribution in [0.5, 0.6) is 0 Å². The summed E-state index contributed by atoms with van der Waals surface area (Å²) in [6.45, 7) is 2.34. The number of nitrogens with one attached hydrogen (secondary N) is 1. The Hall–Kier alpha value is -1.26. The predicted octanol–water partition coefficient (Wildman–Crippen LogP) is 1.27. The number of piperidine rings is 1. The number of ether oxygens (including phenoxy) is 1. The van der Waals surface area contributed by atoms with Gasteiger partial charge >= 0.3 is 0 Å². The number of hydrogen-bond acceptors (Lipinski definition) is 5. The number of nitrogens with two attached hydrogens (primary N) is 1. The van der Waals surface area contributed by atoms with Crippen LogP contribution in [0.3, 0.4) is 0 Å². The summed E-state index contributed by atoms with van der Waals surface area (Å²) in [5.41, 5.74) is 5.43. The van der Waals surface area contributed by atoms with Gasteiger partial charge in [-0.2, -0.15) is 0 Å². The van der Waals surface area contributed by atoms with Crippen molar-refractivity contribution >= 4 is 28.3 Å². The molecule has 27 heavy (non-hydrogen) atoms. The number of sulfonamides is 1. The van der Waals surface area contributed by atoms with Crippen molar-refractivity contribution in [1.29, 1.82) is 0 Å². The van der Waals surface area contributed by atoms with Crippen LogP contribution in [-0.2, 0) is 19.6 Å². The molecule has 1 saturated heterocycles. The van der Waals surface area contributed by atoms with Gasteiger partial charge < -0.3 is 15.4 Å². The van der Waals surface area contributed by atoms with Crippen LogP contribution in [0.25, 0.3) is 0 Å². The Kier molecular flexibility index (Phi) is 10.2. The first-order valence-corrected chi connectivity index (χ1v) is 10.3. The molecule has 7 nitrogen and oxygen atoms in total. The van der Waals surface area contributed by atoms with E-state index in [9.17, 15) is 17.6 Å². The zero-order valence-corrected chi connectivity index (χ0v) is 16.7. The Bertz CT molecular complexity index is 697. The van der Waals surface area contributed by atoms with E-state index < -0.39 is 20.7 Å². The summed E-state index contributed by atoms with van der Waals surface area (Å²) in [4.78, 5) is 13.5. The monoisotopic (exact) mass is 423 g/mol. The van der Waals surface area contributed by atoms with E-state index in [1.54, 1.807) is 4.90 Å². The highest BCUT2D eigenvalue weighted by molar-refractivity contribution is 7.89. The van der Waals surface area contributed by atoms with Crippen molar-refractivity contribution in [2.45, 2.75) is 36.7 Å². The second-order valence-corrected chi connectivity index (χ2v) is 7.91. The summed E-state index contributed by atoms with van der Waals surface area (Å²) in [5.74, 6) is -0.940. The summed E-state index contributed by atoms with van der Waals surface area (Å²) in [6.07, 6.45) is 2.52. The highest BCUT2D eigenvalue weighted by Crippen LogP contribution is 2.15. The molecule has 1 aliphatic heterocycles. The van der Waals surface area contributed by atoms with Gasteiger partial charge in [0.2, 0.25) is 15.9 Å². The third-order valence-electron chi connectivity index (χ3n) is 4.25. The largest absolute Gasteiger partial charge is 0.378 e. The molecule has 0 atom stereocenters. The van der Waals surface area contributed by atoms with Gasteiger partial charge in [0.05, 0.1) is 6.10 Å². The molecule has 0 saturated carbocycles. The number of rotatable bonds is 9. The average molecular weight is 424 g/mol. The smallest absolute Gasteiger partial charge is 0.243 e. The lowest BCUT2D eigenvalue weighted by atomic mass is 10.1. The first-order chi connectivity index (χ1) is 12.4. The van der Waals surface area contributed by atoms with Gasteiger partial charge in [-0.25, -0.2) is 17.5 Å². The van der Waals surface area contributed by atoms with Crippen LogP contribution in [0.15, 0.2) is 29.2 Å². The standard InChI is InChI=1S/C17H26FN3O4S.ClH/c18-15-4-1-2-5-16(15)26(23,24)20-10-6-17(22)21-11-7-14(8-12-21)25-13-3-9-19;/h1-2,4-5,14,20H,3,6-13,19H2;1H. The molecule has 1 aromatic carbocycles. The quantitative estimate of drug-likeness (QED) is 0.582. The minimum Gasteiger partial charge on any atom is -0.378 e. The molecular weight excluding hydrogens is 397 g/mol. The van der Waals surface area contributed by atoms with E-state index in [0.29, 0.717) is 26.2 Å². The maximum atomic E-state index is 13.6. The normalized spacial score (nSPS) is 15.4. The minimum atomic E-state index is -3.96. The maximum absolute atomic E-state index is 13.6. The van der Waals surface area contributed by atoms with E-state index in [-0.39, 0.29) is 37.4 Å².